The van der Waals surface area contributed by atoms with Crippen LogP contribution in [0.3, 0.4) is 0 Å². The summed E-state index contributed by atoms with van der Waals surface area (Å²) in [6, 6.07) is 0. The van der Waals surface area contributed by atoms with Crippen LogP contribution in [-0.2, 0) is 4.79 Å². The SMILES string of the molecule is O=C([O-])C1(N(O)O)CC1.[Na+]. The van der Waals surface area contributed by atoms with E-state index in [2.05, 4.69) is 0 Å². The molecule has 1 fully saturated rings. The summed E-state index contributed by atoms with van der Waals surface area (Å²) in [7, 11) is 0. The van der Waals surface area contributed by atoms with E-state index in [9.17, 15) is 9.90 Å². The predicted molar refractivity (Wildman–Crippen MR) is 22.4 cm³/mol. The molecule has 0 aliphatic heterocycles. The van der Waals surface area contributed by atoms with Crippen LogP contribution >= 0.6 is 0 Å². The zero-order valence-corrected chi connectivity index (χ0v) is 7.57. The minimum absolute atomic E-state index is 0. The molecule has 0 bridgehead atoms. The van der Waals surface area contributed by atoms with E-state index in [1.807, 2.05) is 0 Å². The molecule has 1 rings (SSSR count). The minimum Gasteiger partial charge on any atom is -0.548 e. The van der Waals surface area contributed by atoms with Gasteiger partial charge in [0.1, 0.15) is 5.54 Å². The Bertz CT molecular complexity index is 144. The average Bonchev–Trinajstić information content (AvgIpc) is 2.40. The summed E-state index contributed by atoms with van der Waals surface area (Å²) in [6.07, 6.45) is 0.477. The number of hydrogen-bond acceptors (Lipinski definition) is 5. The molecule has 0 spiro atoms. The van der Waals surface area contributed by atoms with Crippen LogP contribution < -0.4 is 34.7 Å². The third-order valence-electron chi connectivity index (χ3n) is 1.49. The van der Waals surface area contributed by atoms with Gasteiger partial charge in [-0.3, -0.25) is 10.4 Å². The summed E-state index contributed by atoms with van der Waals surface area (Å²) in [6.45, 7) is 0. The van der Waals surface area contributed by atoms with Gasteiger partial charge in [-0.25, -0.2) is 0 Å². The van der Waals surface area contributed by atoms with E-state index in [1.54, 1.807) is 0 Å². The second-order valence-electron chi connectivity index (χ2n) is 2.11. The number of hydrogen-bond donors (Lipinski definition) is 2. The van der Waals surface area contributed by atoms with Crippen molar-refractivity contribution in [1.29, 1.82) is 0 Å². The van der Waals surface area contributed by atoms with Crippen LogP contribution in [0.5, 0.6) is 0 Å². The summed E-state index contributed by atoms with van der Waals surface area (Å²) < 4.78 is 0. The van der Waals surface area contributed by atoms with Crippen LogP contribution in [0.1, 0.15) is 12.8 Å². The fourth-order valence-corrected chi connectivity index (χ4v) is 0.604. The second kappa shape index (κ2) is 3.17. The van der Waals surface area contributed by atoms with Crippen molar-refractivity contribution in [2.75, 3.05) is 0 Å². The van der Waals surface area contributed by atoms with Crippen molar-refractivity contribution in [2.24, 2.45) is 0 Å². The van der Waals surface area contributed by atoms with Gasteiger partial charge in [0, 0.05) is 0 Å². The molecule has 1 aliphatic rings. The van der Waals surface area contributed by atoms with Crippen molar-refractivity contribution in [2.45, 2.75) is 18.4 Å². The summed E-state index contributed by atoms with van der Waals surface area (Å²) in [5.74, 6) is -1.44. The van der Waals surface area contributed by atoms with Crippen LogP contribution in [0.4, 0.5) is 0 Å². The molecule has 6 heteroatoms. The fraction of sp³-hybridized carbons (Fsp3) is 0.750. The number of rotatable bonds is 2. The molecule has 0 aromatic rings. The van der Waals surface area contributed by atoms with Crippen molar-refractivity contribution >= 4 is 5.97 Å². The average molecular weight is 155 g/mol. The van der Waals surface area contributed by atoms with E-state index in [4.69, 9.17) is 10.4 Å². The summed E-state index contributed by atoms with van der Waals surface area (Å²) in [5, 5.41) is 26.3. The Morgan fingerprint density at radius 1 is 1.50 bits per heavy atom. The molecule has 0 atom stereocenters. The molecule has 2 N–H and O–H groups in total. The Kier molecular flexibility index (Phi) is 3.28. The molecule has 0 aromatic heterocycles. The van der Waals surface area contributed by atoms with Gasteiger partial charge in [0.2, 0.25) is 0 Å². The molecular formula is C4H6NNaO4. The van der Waals surface area contributed by atoms with Crippen LogP contribution in [0, 0.1) is 0 Å². The number of nitrogens with zero attached hydrogens (tertiary/aromatic N) is 1. The van der Waals surface area contributed by atoms with Gasteiger partial charge in [0.15, 0.2) is 0 Å². The Hall–Kier alpha value is 0.350. The maximum atomic E-state index is 10.1. The topological polar surface area (TPSA) is 83.8 Å². The molecule has 0 radical (unpaired) electrons. The number of carboxylic acids is 1. The molecule has 0 saturated heterocycles. The second-order valence-corrected chi connectivity index (χ2v) is 2.11. The maximum absolute atomic E-state index is 10.1. The van der Waals surface area contributed by atoms with Crippen LogP contribution in [0.25, 0.3) is 0 Å². The first-order chi connectivity index (χ1) is 4.09. The summed E-state index contributed by atoms with van der Waals surface area (Å²) >= 11 is 0. The van der Waals surface area contributed by atoms with Crippen molar-refractivity contribution in [3.8, 4) is 0 Å². The molecule has 0 heterocycles. The predicted octanol–water partition coefficient (Wildman–Crippen LogP) is -4.65. The third-order valence-corrected chi connectivity index (χ3v) is 1.49. The van der Waals surface area contributed by atoms with E-state index in [-0.39, 0.29) is 47.6 Å². The molecule has 5 nitrogen and oxygen atoms in total. The summed E-state index contributed by atoms with van der Waals surface area (Å²) in [4.78, 5) is 10.1. The van der Waals surface area contributed by atoms with E-state index in [0.29, 0.717) is 0 Å². The Morgan fingerprint density at radius 3 is 1.90 bits per heavy atom. The largest absolute Gasteiger partial charge is 1.00 e. The van der Waals surface area contributed by atoms with Crippen molar-refractivity contribution in [1.82, 2.24) is 5.23 Å². The van der Waals surface area contributed by atoms with Gasteiger partial charge in [-0.2, -0.15) is 0 Å². The Morgan fingerprint density at radius 2 is 1.90 bits per heavy atom. The first-order valence-electron chi connectivity index (χ1n) is 2.49. The zero-order valence-electron chi connectivity index (χ0n) is 5.57. The minimum atomic E-state index is -1.50. The van der Waals surface area contributed by atoms with E-state index in [1.165, 1.54) is 0 Å². The van der Waals surface area contributed by atoms with Gasteiger partial charge in [0.25, 0.3) is 0 Å². The molecular weight excluding hydrogens is 149 g/mol. The van der Waals surface area contributed by atoms with Crippen LogP contribution in [0.15, 0.2) is 0 Å². The fourth-order valence-electron chi connectivity index (χ4n) is 0.604. The number of aliphatic carboxylic acids is 1. The molecule has 0 unspecified atom stereocenters. The maximum Gasteiger partial charge on any atom is 1.00 e. The van der Waals surface area contributed by atoms with E-state index < -0.39 is 11.5 Å². The molecule has 52 valence electrons. The molecule has 1 saturated carbocycles. The monoisotopic (exact) mass is 155 g/mol. The van der Waals surface area contributed by atoms with Gasteiger partial charge < -0.3 is 9.90 Å². The molecule has 1 aliphatic carbocycles. The molecule has 10 heavy (non-hydrogen) atoms. The Labute approximate surface area is 79.5 Å². The van der Waals surface area contributed by atoms with Gasteiger partial charge in [-0.1, -0.05) is 5.23 Å². The van der Waals surface area contributed by atoms with Gasteiger partial charge in [-0.05, 0) is 12.8 Å². The molecule has 0 amide bonds. The standard InChI is InChI=1S/C4H7NO4.Na/c6-3(7)4(1-2-4)5(8)9;/h8-9H,1-2H2,(H,6,7);/q;+1/p-1. The number of carboxylic acid groups (broad SMARTS) is 1. The van der Waals surface area contributed by atoms with Gasteiger partial charge >= 0.3 is 29.6 Å². The Balaban J connectivity index is 0.000000810. The smallest absolute Gasteiger partial charge is 0.548 e. The quantitative estimate of drug-likeness (QED) is 0.309. The van der Waals surface area contributed by atoms with Gasteiger partial charge in [0.05, 0.1) is 5.97 Å². The van der Waals surface area contributed by atoms with E-state index in [0.717, 1.165) is 0 Å². The third kappa shape index (κ3) is 1.50. The number of hydroxylamine groups is 2. The zero-order chi connectivity index (χ0) is 7.07. The van der Waals surface area contributed by atoms with Crippen LogP contribution in [0.2, 0.25) is 0 Å². The number of carbonyl (C=O) groups excluding carboxylic acids is 1. The van der Waals surface area contributed by atoms with Gasteiger partial charge in [-0.15, -0.1) is 0 Å². The van der Waals surface area contributed by atoms with Crippen molar-refractivity contribution in [3.63, 3.8) is 0 Å². The number of carbonyl (C=O) groups is 1. The molecule has 0 aromatic carbocycles. The van der Waals surface area contributed by atoms with E-state index >= 15 is 0 Å². The van der Waals surface area contributed by atoms with Crippen molar-refractivity contribution < 1.29 is 49.9 Å². The van der Waals surface area contributed by atoms with Crippen molar-refractivity contribution in [3.05, 3.63) is 0 Å². The normalized spacial score (nSPS) is 19.9. The van der Waals surface area contributed by atoms with Crippen LogP contribution in [-0.4, -0.2) is 27.1 Å². The summed E-state index contributed by atoms with van der Waals surface area (Å²) in [5.41, 5.74) is -1.50. The first kappa shape index (κ1) is 10.3. The first-order valence-corrected chi connectivity index (χ1v) is 2.49.